The summed E-state index contributed by atoms with van der Waals surface area (Å²) in [6.07, 6.45) is 2.07. The summed E-state index contributed by atoms with van der Waals surface area (Å²) in [5.74, 6) is 0.675. The van der Waals surface area contributed by atoms with Crippen molar-refractivity contribution in [1.82, 2.24) is 29.5 Å². The van der Waals surface area contributed by atoms with Crippen LogP contribution in [0.2, 0.25) is 0 Å². The molecule has 0 unspecified atom stereocenters. The maximum atomic E-state index is 13.3. The zero-order valence-corrected chi connectivity index (χ0v) is 24.4. The van der Waals surface area contributed by atoms with Crippen LogP contribution >= 0.6 is 15.9 Å². The lowest BCUT2D eigenvalue weighted by Crippen LogP contribution is -2.52. The molecule has 1 aromatic heterocycles. The molecule has 41 heavy (non-hydrogen) atoms. The second-order valence-electron chi connectivity index (χ2n) is 10.3. The number of piperazine rings is 1. The van der Waals surface area contributed by atoms with E-state index in [1.165, 1.54) is 11.0 Å². The standard InChI is InChI=1S/C28H31BrN6O6/c1-17-13-19(14-18(2)25(17)41-20-5-6-22(36)21(29)15-20)35-28(40)30-26(38)24(31-35)27(39)34-11-9-32(10-12-34)16-23(37)33-7-3-4-8-33/h5-6,13-15,36H,3-4,7-12,16H2,1-2H3,(H,30,38,40). The number of benzene rings is 2. The largest absolute Gasteiger partial charge is 0.507 e. The lowest BCUT2D eigenvalue weighted by Gasteiger charge is -2.34. The minimum absolute atomic E-state index is 0.0875. The van der Waals surface area contributed by atoms with E-state index in [0.717, 1.165) is 30.6 Å². The number of likely N-dealkylation sites (tertiary alicyclic amines) is 1. The number of halogens is 1. The molecule has 5 rings (SSSR count). The molecule has 3 heterocycles. The SMILES string of the molecule is Cc1cc(-n2nc(C(=O)N3CCN(CC(=O)N4CCCC4)CC3)c(=O)[nH]c2=O)cc(C)c1Oc1ccc(O)c(Br)c1. The number of aromatic nitrogens is 3. The molecule has 216 valence electrons. The number of phenols is 1. The van der Waals surface area contributed by atoms with E-state index in [1.54, 1.807) is 38.1 Å². The number of aromatic hydroxyl groups is 1. The molecule has 2 aromatic carbocycles. The predicted octanol–water partition coefficient (Wildman–Crippen LogP) is 2.18. The Morgan fingerprint density at radius 1 is 0.976 bits per heavy atom. The maximum absolute atomic E-state index is 13.3. The number of hydrogen-bond acceptors (Lipinski definition) is 8. The molecule has 2 fully saturated rings. The van der Waals surface area contributed by atoms with E-state index in [4.69, 9.17) is 4.74 Å². The number of ether oxygens (including phenoxy) is 1. The van der Waals surface area contributed by atoms with Gasteiger partial charge in [0.1, 0.15) is 17.2 Å². The quantitative estimate of drug-likeness (QED) is 0.424. The van der Waals surface area contributed by atoms with Crippen molar-refractivity contribution < 1.29 is 19.4 Å². The van der Waals surface area contributed by atoms with Crippen LogP contribution in [0.5, 0.6) is 17.2 Å². The molecule has 13 heteroatoms. The van der Waals surface area contributed by atoms with Gasteiger partial charge in [-0.3, -0.25) is 24.3 Å². The molecule has 0 aliphatic carbocycles. The number of carbonyl (C=O) groups excluding carboxylic acids is 2. The Balaban J connectivity index is 1.32. The van der Waals surface area contributed by atoms with Gasteiger partial charge in [-0.05, 0) is 84.1 Å². The van der Waals surface area contributed by atoms with Crippen molar-refractivity contribution in [3.05, 3.63) is 72.5 Å². The number of phenolic OH excluding ortho intramolecular Hbond substituents is 1. The third-order valence-corrected chi connectivity index (χ3v) is 7.97. The van der Waals surface area contributed by atoms with Gasteiger partial charge < -0.3 is 19.6 Å². The zero-order valence-electron chi connectivity index (χ0n) is 22.9. The monoisotopic (exact) mass is 626 g/mol. The highest BCUT2D eigenvalue weighted by molar-refractivity contribution is 9.10. The Labute approximate surface area is 244 Å². The first kappa shape index (κ1) is 28.6. The maximum Gasteiger partial charge on any atom is 0.349 e. The van der Waals surface area contributed by atoms with Crippen LogP contribution in [-0.2, 0) is 4.79 Å². The Hall–Kier alpha value is -3.97. The minimum Gasteiger partial charge on any atom is -0.507 e. The van der Waals surface area contributed by atoms with Crippen molar-refractivity contribution in [3.63, 3.8) is 0 Å². The highest BCUT2D eigenvalue weighted by atomic mass is 79.9. The number of aryl methyl sites for hydroxylation is 2. The smallest absolute Gasteiger partial charge is 0.349 e. The van der Waals surface area contributed by atoms with E-state index in [-0.39, 0.29) is 17.4 Å². The van der Waals surface area contributed by atoms with E-state index in [2.05, 4.69) is 26.0 Å². The lowest BCUT2D eigenvalue weighted by atomic mass is 10.1. The van der Waals surface area contributed by atoms with Gasteiger partial charge in [-0.2, -0.15) is 9.78 Å². The topological polar surface area (TPSA) is 141 Å². The molecule has 2 aliphatic rings. The van der Waals surface area contributed by atoms with Crippen LogP contribution in [0.4, 0.5) is 0 Å². The normalized spacial score (nSPS) is 15.8. The summed E-state index contributed by atoms with van der Waals surface area (Å²) in [7, 11) is 0. The van der Waals surface area contributed by atoms with Gasteiger partial charge in [0.25, 0.3) is 11.5 Å². The van der Waals surface area contributed by atoms with Crippen molar-refractivity contribution in [2.75, 3.05) is 45.8 Å². The molecular formula is C28H31BrN6O6. The average molecular weight is 627 g/mol. The third-order valence-electron chi connectivity index (χ3n) is 7.34. The first-order valence-electron chi connectivity index (χ1n) is 13.4. The van der Waals surface area contributed by atoms with Crippen molar-refractivity contribution >= 4 is 27.7 Å². The molecule has 0 radical (unpaired) electrons. The van der Waals surface area contributed by atoms with Crippen LogP contribution < -0.4 is 16.0 Å². The highest BCUT2D eigenvalue weighted by Gasteiger charge is 2.28. The zero-order chi connectivity index (χ0) is 29.3. The van der Waals surface area contributed by atoms with Crippen LogP contribution in [0.25, 0.3) is 5.69 Å². The second kappa shape index (κ2) is 11.9. The summed E-state index contributed by atoms with van der Waals surface area (Å²) >= 11 is 3.27. The van der Waals surface area contributed by atoms with E-state index in [1.807, 2.05) is 9.80 Å². The lowest BCUT2D eigenvalue weighted by molar-refractivity contribution is -0.131. The number of hydrogen-bond donors (Lipinski definition) is 2. The number of nitrogens with zero attached hydrogens (tertiary/aromatic N) is 5. The Bertz CT molecular complexity index is 1580. The molecule has 0 atom stereocenters. The fourth-order valence-electron chi connectivity index (χ4n) is 5.11. The Morgan fingerprint density at radius 2 is 1.63 bits per heavy atom. The minimum atomic E-state index is -0.853. The van der Waals surface area contributed by atoms with Gasteiger partial charge >= 0.3 is 5.69 Å². The van der Waals surface area contributed by atoms with Gasteiger partial charge in [0.15, 0.2) is 0 Å². The van der Waals surface area contributed by atoms with Crippen LogP contribution in [0.3, 0.4) is 0 Å². The van der Waals surface area contributed by atoms with E-state index < -0.39 is 17.2 Å². The van der Waals surface area contributed by atoms with E-state index in [0.29, 0.717) is 65.5 Å². The van der Waals surface area contributed by atoms with Gasteiger partial charge in [0.2, 0.25) is 11.6 Å². The summed E-state index contributed by atoms with van der Waals surface area (Å²) < 4.78 is 7.51. The van der Waals surface area contributed by atoms with Crippen LogP contribution in [0.15, 0.2) is 44.4 Å². The molecule has 12 nitrogen and oxygen atoms in total. The molecule has 2 saturated heterocycles. The molecule has 3 aromatic rings. The molecule has 2 aliphatic heterocycles. The van der Waals surface area contributed by atoms with Gasteiger partial charge in [-0.25, -0.2) is 4.79 Å². The third kappa shape index (κ3) is 6.20. The van der Waals surface area contributed by atoms with Crippen molar-refractivity contribution in [1.29, 1.82) is 0 Å². The number of H-pyrrole nitrogens is 1. The summed E-state index contributed by atoms with van der Waals surface area (Å²) in [4.78, 5) is 58.7. The first-order valence-corrected chi connectivity index (χ1v) is 14.2. The number of aromatic amines is 1. The van der Waals surface area contributed by atoms with Gasteiger partial charge in [0, 0.05) is 39.3 Å². The van der Waals surface area contributed by atoms with Gasteiger partial charge in [0.05, 0.1) is 16.7 Å². The van der Waals surface area contributed by atoms with Crippen molar-refractivity contribution in [3.8, 4) is 22.9 Å². The number of rotatable bonds is 6. The Kier molecular flexibility index (Phi) is 8.27. The molecule has 0 saturated carbocycles. The van der Waals surface area contributed by atoms with Crippen LogP contribution in [0.1, 0.15) is 34.5 Å². The summed E-state index contributed by atoms with van der Waals surface area (Å²) in [5.41, 5.74) is -0.260. The van der Waals surface area contributed by atoms with Gasteiger partial charge in [-0.1, -0.05) is 0 Å². The predicted molar refractivity (Wildman–Crippen MR) is 154 cm³/mol. The summed E-state index contributed by atoms with van der Waals surface area (Å²) in [5, 5.41) is 13.9. The second-order valence-corrected chi connectivity index (χ2v) is 11.2. The molecular weight excluding hydrogens is 596 g/mol. The fraction of sp³-hybridized carbons (Fsp3) is 0.393. The fourth-order valence-corrected chi connectivity index (χ4v) is 5.47. The van der Waals surface area contributed by atoms with Crippen LogP contribution in [0, 0.1) is 13.8 Å². The van der Waals surface area contributed by atoms with E-state index in [9.17, 15) is 24.3 Å². The number of nitrogens with one attached hydrogen (secondary N) is 1. The van der Waals surface area contributed by atoms with Crippen LogP contribution in [-0.4, -0.2) is 92.2 Å². The molecule has 0 spiro atoms. The summed E-state index contributed by atoms with van der Waals surface area (Å²) in [6, 6.07) is 8.13. The van der Waals surface area contributed by atoms with Crippen molar-refractivity contribution in [2.24, 2.45) is 0 Å². The molecule has 2 N–H and O–H groups in total. The Morgan fingerprint density at radius 3 is 2.27 bits per heavy atom. The highest BCUT2D eigenvalue weighted by Crippen LogP contribution is 2.34. The molecule has 2 amide bonds. The first-order chi connectivity index (χ1) is 19.6. The van der Waals surface area contributed by atoms with E-state index >= 15 is 0 Å². The van der Waals surface area contributed by atoms with Gasteiger partial charge in [-0.15, -0.1) is 0 Å². The number of amides is 2. The van der Waals surface area contributed by atoms with Crippen molar-refractivity contribution in [2.45, 2.75) is 26.7 Å². The molecule has 0 bridgehead atoms. The average Bonchev–Trinajstić information content (AvgIpc) is 3.48. The summed E-state index contributed by atoms with van der Waals surface area (Å²) in [6.45, 7) is 7.19. The number of carbonyl (C=O) groups is 2.